The van der Waals surface area contributed by atoms with E-state index in [4.69, 9.17) is 5.11 Å². The summed E-state index contributed by atoms with van der Waals surface area (Å²) in [6.45, 7) is 3.92. The van der Waals surface area contributed by atoms with E-state index in [0.717, 1.165) is 13.1 Å². The predicted octanol–water partition coefficient (Wildman–Crippen LogP) is -0.247. The molecule has 4 nitrogen and oxygen atoms in total. The minimum atomic E-state index is -0.720. The highest BCUT2D eigenvalue weighted by Crippen LogP contribution is 2.10. The fourth-order valence-electron chi connectivity index (χ4n) is 1.66. The topological polar surface area (TPSA) is 52.6 Å². The fourth-order valence-corrected chi connectivity index (χ4v) is 1.66. The molecule has 0 amide bonds. The van der Waals surface area contributed by atoms with Crippen LogP contribution in [0.1, 0.15) is 13.3 Å². The number of aliphatic carboxylic acids is 1. The van der Waals surface area contributed by atoms with Crippen molar-refractivity contribution in [3.05, 3.63) is 0 Å². The van der Waals surface area contributed by atoms with Gasteiger partial charge in [-0.15, -0.1) is 0 Å². The van der Waals surface area contributed by atoms with Crippen LogP contribution in [0.15, 0.2) is 0 Å². The van der Waals surface area contributed by atoms with Gasteiger partial charge in [0.25, 0.3) is 0 Å². The Hall–Kier alpha value is -0.610. The first kappa shape index (κ1) is 9.48. The molecular formula is C8H16N2O2. The SMILES string of the molecule is C[C@@H]1NCCN(C)[C@@H]1CC(=O)O. The molecule has 1 fully saturated rings. The zero-order chi connectivity index (χ0) is 9.14. The zero-order valence-electron chi connectivity index (χ0n) is 7.58. The number of nitrogens with one attached hydrogen (secondary N) is 1. The van der Waals surface area contributed by atoms with Gasteiger partial charge in [-0.05, 0) is 14.0 Å². The number of nitrogens with zero attached hydrogens (tertiary/aromatic N) is 1. The van der Waals surface area contributed by atoms with Crippen LogP contribution in [0.3, 0.4) is 0 Å². The molecule has 0 aliphatic carbocycles. The molecule has 0 bridgehead atoms. The van der Waals surface area contributed by atoms with Gasteiger partial charge in [0.1, 0.15) is 0 Å². The Kier molecular flexibility index (Phi) is 3.05. The van der Waals surface area contributed by atoms with E-state index in [9.17, 15) is 4.79 Å². The highest BCUT2D eigenvalue weighted by molar-refractivity contribution is 5.67. The minimum Gasteiger partial charge on any atom is -0.481 e. The predicted molar refractivity (Wildman–Crippen MR) is 46.1 cm³/mol. The minimum absolute atomic E-state index is 0.135. The van der Waals surface area contributed by atoms with Crippen molar-refractivity contribution in [2.75, 3.05) is 20.1 Å². The quantitative estimate of drug-likeness (QED) is 0.603. The number of likely N-dealkylation sites (N-methyl/N-ethyl adjacent to an activating group) is 1. The lowest BCUT2D eigenvalue weighted by Gasteiger charge is -2.37. The van der Waals surface area contributed by atoms with Gasteiger partial charge in [0, 0.05) is 25.2 Å². The van der Waals surface area contributed by atoms with Crippen molar-refractivity contribution in [2.24, 2.45) is 0 Å². The van der Waals surface area contributed by atoms with Crippen LogP contribution in [-0.4, -0.2) is 48.2 Å². The first-order valence-corrected chi connectivity index (χ1v) is 4.26. The molecule has 1 rings (SSSR count). The summed E-state index contributed by atoms with van der Waals surface area (Å²) in [4.78, 5) is 12.6. The molecule has 70 valence electrons. The summed E-state index contributed by atoms with van der Waals surface area (Å²) in [6.07, 6.45) is 0.227. The summed E-state index contributed by atoms with van der Waals surface area (Å²) < 4.78 is 0. The summed E-state index contributed by atoms with van der Waals surface area (Å²) in [5.74, 6) is -0.720. The zero-order valence-corrected chi connectivity index (χ0v) is 7.58. The summed E-state index contributed by atoms with van der Waals surface area (Å²) in [5, 5.41) is 11.9. The van der Waals surface area contributed by atoms with E-state index in [1.54, 1.807) is 0 Å². The standard InChI is InChI=1S/C8H16N2O2/c1-6-7(5-8(11)12)10(2)4-3-9-6/h6-7,9H,3-5H2,1-2H3,(H,11,12)/t6-,7+/m0/s1. The third-order valence-corrected chi connectivity index (χ3v) is 2.46. The van der Waals surface area contributed by atoms with Gasteiger partial charge < -0.3 is 15.3 Å². The van der Waals surface area contributed by atoms with Crippen LogP contribution in [0.5, 0.6) is 0 Å². The first-order chi connectivity index (χ1) is 5.61. The van der Waals surface area contributed by atoms with E-state index < -0.39 is 5.97 Å². The van der Waals surface area contributed by atoms with Crippen LogP contribution >= 0.6 is 0 Å². The Morgan fingerprint density at radius 2 is 2.42 bits per heavy atom. The van der Waals surface area contributed by atoms with E-state index >= 15 is 0 Å². The van der Waals surface area contributed by atoms with E-state index in [-0.39, 0.29) is 18.5 Å². The Labute approximate surface area is 72.6 Å². The number of hydrogen-bond donors (Lipinski definition) is 2. The average molecular weight is 172 g/mol. The van der Waals surface area contributed by atoms with Crippen LogP contribution in [-0.2, 0) is 4.79 Å². The van der Waals surface area contributed by atoms with Crippen molar-refractivity contribution in [3.8, 4) is 0 Å². The number of piperazine rings is 1. The highest BCUT2D eigenvalue weighted by atomic mass is 16.4. The van der Waals surface area contributed by atoms with Crippen molar-refractivity contribution >= 4 is 5.97 Å². The molecule has 0 unspecified atom stereocenters. The molecule has 0 aromatic carbocycles. The first-order valence-electron chi connectivity index (χ1n) is 4.26. The van der Waals surface area contributed by atoms with Crippen LogP contribution in [0, 0.1) is 0 Å². The maximum absolute atomic E-state index is 10.5. The van der Waals surface area contributed by atoms with Crippen molar-refractivity contribution in [1.82, 2.24) is 10.2 Å². The lowest BCUT2D eigenvalue weighted by Crippen LogP contribution is -2.55. The second kappa shape index (κ2) is 3.87. The molecule has 0 radical (unpaired) electrons. The summed E-state index contributed by atoms with van der Waals surface area (Å²) >= 11 is 0. The van der Waals surface area contributed by atoms with Gasteiger partial charge in [-0.2, -0.15) is 0 Å². The molecule has 0 spiro atoms. The van der Waals surface area contributed by atoms with Gasteiger partial charge in [-0.25, -0.2) is 0 Å². The van der Waals surface area contributed by atoms with Gasteiger partial charge >= 0.3 is 5.97 Å². The Morgan fingerprint density at radius 1 is 1.75 bits per heavy atom. The van der Waals surface area contributed by atoms with Crippen LogP contribution in [0.4, 0.5) is 0 Å². The number of rotatable bonds is 2. The van der Waals surface area contributed by atoms with Crippen LogP contribution in [0.25, 0.3) is 0 Å². The maximum Gasteiger partial charge on any atom is 0.304 e. The highest BCUT2D eigenvalue weighted by Gasteiger charge is 2.27. The molecule has 1 aliphatic rings. The molecule has 4 heteroatoms. The number of carboxylic acids is 1. The second-order valence-electron chi connectivity index (χ2n) is 3.39. The fraction of sp³-hybridized carbons (Fsp3) is 0.875. The van der Waals surface area contributed by atoms with Crippen molar-refractivity contribution in [3.63, 3.8) is 0 Å². The Balaban J connectivity index is 2.50. The molecule has 1 heterocycles. The average Bonchev–Trinajstić information content (AvgIpc) is 1.97. The van der Waals surface area contributed by atoms with E-state index in [1.165, 1.54) is 0 Å². The smallest absolute Gasteiger partial charge is 0.304 e. The molecule has 1 aliphatic heterocycles. The van der Waals surface area contributed by atoms with Crippen LogP contribution in [0.2, 0.25) is 0 Å². The molecule has 0 saturated carbocycles. The molecule has 12 heavy (non-hydrogen) atoms. The van der Waals surface area contributed by atoms with Crippen LogP contribution < -0.4 is 5.32 Å². The molecule has 2 N–H and O–H groups in total. The third kappa shape index (κ3) is 2.19. The largest absolute Gasteiger partial charge is 0.481 e. The summed E-state index contributed by atoms with van der Waals surface area (Å²) in [5.41, 5.74) is 0. The summed E-state index contributed by atoms with van der Waals surface area (Å²) in [7, 11) is 1.98. The van der Waals surface area contributed by atoms with Crippen molar-refractivity contribution in [2.45, 2.75) is 25.4 Å². The second-order valence-corrected chi connectivity index (χ2v) is 3.39. The molecule has 0 aromatic rings. The van der Waals surface area contributed by atoms with Gasteiger partial charge in [0.2, 0.25) is 0 Å². The number of carbonyl (C=O) groups is 1. The van der Waals surface area contributed by atoms with E-state index in [2.05, 4.69) is 10.2 Å². The lowest BCUT2D eigenvalue weighted by molar-refractivity contribution is -0.138. The molecule has 2 atom stereocenters. The molecular weight excluding hydrogens is 156 g/mol. The van der Waals surface area contributed by atoms with Gasteiger partial charge in [0.05, 0.1) is 6.42 Å². The van der Waals surface area contributed by atoms with Gasteiger partial charge in [-0.3, -0.25) is 4.79 Å². The van der Waals surface area contributed by atoms with E-state index in [1.807, 2.05) is 14.0 Å². The van der Waals surface area contributed by atoms with Gasteiger partial charge in [-0.1, -0.05) is 0 Å². The van der Waals surface area contributed by atoms with E-state index in [0.29, 0.717) is 0 Å². The summed E-state index contributed by atoms with van der Waals surface area (Å²) in [6, 6.07) is 0.413. The normalized spacial score (nSPS) is 31.8. The monoisotopic (exact) mass is 172 g/mol. The maximum atomic E-state index is 10.5. The van der Waals surface area contributed by atoms with Crippen molar-refractivity contribution in [1.29, 1.82) is 0 Å². The lowest BCUT2D eigenvalue weighted by atomic mass is 10.0. The molecule has 1 saturated heterocycles. The third-order valence-electron chi connectivity index (χ3n) is 2.46. The van der Waals surface area contributed by atoms with Gasteiger partial charge in [0.15, 0.2) is 0 Å². The number of hydrogen-bond acceptors (Lipinski definition) is 3. The number of carboxylic acid groups (broad SMARTS) is 1. The van der Waals surface area contributed by atoms with Crippen molar-refractivity contribution < 1.29 is 9.90 Å². The Morgan fingerprint density at radius 3 is 2.92 bits per heavy atom. The Bertz CT molecular complexity index is 162. The molecule has 0 aromatic heterocycles.